The van der Waals surface area contributed by atoms with Crippen molar-refractivity contribution in [2.75, 3.05) is 11.1 Å². The Labute approximate surface area is 214 Å². The van der Waals surface area contributed by atoms with Gasteiger partial charge >= 0.3 is 0 Å². The van der Waals surface area contributed by atoms with Crippen LogP contribution in [0.3, 0.4) is 0 Å². The number of nitrogens with one attached hydrogen (secondary N) is 1. The molecule has 1 N–H and O–H groups in total. The van der Waals surface area contributed by atoms with Crippen LogP contribution in [0.1, 0.15) is 53.8 Å². The van der Waals surface area contributed by atoms with E-state index in [1.165, 1.54) is 28.0 Å². The number of allylic oxidation sites excluding steroid dienone is 1. The number of carbonyl (C=O) groups is 1. The lowest BCUT2D eigenvalue weighted by Gasteiger charge is -2.17. The predicted octanol–water partition coefficient (Wildman–Crippen LogP) is 5.70. The highest BCUT2D eigenvalue weighted by atomic mass is 32.2. The molecule has 2 unspecified atom stereocenters. The summed E-state index contributed by atoms with van der Waals surface area (Å²) in [7, 11) is 0. The molecule has 35 heavy (non-hydrogen) atoms. The van der Waals surface area contributed by atoms with Crippen molar-refractivity contribution >= 4 is 34.0 Å². The van der Waals surface area contributed by atoms with E-state index in [-0.39, 0.29) is 17.8 Å². The first kappa shape index (κ1) is 25.0. The summed E-state index contributed by atoms with van der Waals surface area (Å²) < 4.78 is 7.97. The summed E-state index contributed by atoms with van der Waals surface area (Å²) in [6, 6.07) is 10.2. The second-order valence-corrected chi connectivity index (χ2v) is 10.9. The summed E-state index contributed by atoms with van der Waals surface area (Å²) in [5.74, 6) is 2.02. The third-order valence-electron chi connectivity index (χ3n) is 5.96. The molecule has 7 nitrogen and oxygen atoms in total. The molecule has 3 aromatic rings. The highest BCUT2D eigenvalue weighted by Gasteiger charge is 2.25. The molecule has 2 atom stereocenters. The van der Waals surface area contributed by atoms with Gasteiger partial charge in [0.15, 0.2) is 17.1 Å². The molecule has 182 valence electrons. The Morgan fingerprint density at radius 3 is 2.91 bits per heavy atom. The minimum absolute atomic E-state index is 0.159. The number of nitrogens with zero attached hydrogens (tertiary/aromatic N) is 4. The zero-order valence-corrected chi connectivity index (χ0v) is 21.8. The molecule has 2 aromatic heterocycles. The molecule has 0 bridgehead atoms. The van der Waals surface area contributed by atoms with Crippen LogP contribution in [-0.2, 0) is 24.2 Å². The maximum atomic E-state index is 12.8. The Bertz CT molecular complexity index is 1260. The van der Waals surface area contributed by atoms with Gasteiger partial charge in [-0.05, 0) is 56.7 Å². The van der Waals surface area contributed by atoms with E-state index in [1.807, 2.05) is 42.7 Å². The lowest BCUT2D eigenvalue weighted by atomic mass is 9.89. The number of aryl methyl sites for hydroxylation is 1. The highest BCUT2D eigenvalue weighted by Crippen LogP contribution is 2.39. The van der Waals surface area contributed by atoms with E-state index in [0.717, 1.165) is 36.1 Å². The fraction of sp³-hybridized carbons (Fsp3) is 0.385. The molecule has 0 radical (unpaired) electrons. The molecule has 2 heterocycles. The number of anilines is 1. The zero-order valence-electron chi connectivity index (χ0n) is 20.2. The molecule has 0 fully saturated rings. The molecule has 9 heteroatoms. The molecule has 0 spiro atoms. The average Bonchev–Trinajstić information content (AvgIpc) is 3.39. The number of thiophene rings is 1. The standard InChI is InChI=1S/C26H29N5O2S2/c1-5-12-31-24(18(4)33-19-9-6-16(2)7-10-19)29-30-26(31)34-15-23(32)28-25-21(14-27)20-11-8-17(3)13-22(20)35-25/h5-7,9-10,17-18H,1,8,11-13,15H2,2-4H3,(H,28,32). The smallest absolute Gasteiger partial charge is 0.235 e. The van der Waals surface area contributed by atoms with E-state index in [4.69, 9.17) is 4.74 Å². The minimum Gasteiger partial charge on any atom is -0.483 e. The van der Waals surface area contributed by atoms with E-state index in [9.17, 15) is 10.1 Å². The number of carbonyl (C=O) groups excluding carboxylic acids is 1. The van der Waals surface area contributed by atoms with E-state index >= 15 is 0 Å². The largest absolute Gasteiger partial charge is 0.483 e. The van der Waals surface area contributed by atoms with Gasteiger partial charge in [0.2, 0.25) is 5.91 Å². The van der Waals surface area contributed by atoms with Crippen LogP contribution in [0.15, 0.2) is 42.1 Å². The molecular weight excluding hydrogens is 478 g/mol. The molecule has 1 aromatic carbocycles. The van der Waals surface area contributed by atoms with Gasteiger partial charge in [0.05, 0.1) is 11.3 Å². The number of hydrogen-bond donors (Lipinski definition) is 1. The summed E-state index contributed by atoms with van der Waals surface area (Å²) in [4.78, 5) is 14.0. The summed E-state index contributed by atoms with van der Waals surface area (Å²) in [5, 5.41) is 22.5. The molecular formula is C26H29N5O2S2. The van der Waals surface area contributed by atoms with Crippen molar-refractivity contribution in [2.45, 2.75) is 57.8 Å². The monoisotopic (exact) mass is 507 g/mol. The molecule has 1 aliphatic carbocycles. The Kier molecular flexibility index (Phi) is 7.93. The van der Waals surface area contributed by atoms with Gasteiger partial charge in [0.1, 0.15) is 16.8 Å². The van der Waals surface area contributed by atoms with E-state index < -0.39 is 0 Å². The van der Waals surface area contributed by atoms with Gasteiger partial charge in [-0.2, -0.15) is 5.26 Å². The molecule has 0 saturated carbocycles. The Balaban J connectivity index is 1.43. The molecule has 4 rings (SSSR count). The summed E-state index contributed by atoms with van der Waals surface area (Å²) in [6.45, 7) is 10.5. The van der Waals surface area contributed by atoms with Gasteiger partial charge in [0.25, 0.3) is 0 Å². The van der Waals surface area contributed by atoms with E-state index in [1.54, 1.807) is 6.08 Å². The lowest BCUT2D eigenvalue weighted by molar-refractivity contribution is -0.113. The summed E-state index contributed by atoms with van der Waals surface area (Å²) in [5.41, 5.74) is 2.89. The van der Waals surface area contributed by atoms with Crippen molar-refractivity contribution in [1.29, 1.82) is 5.26 Å². The highest BCUT2D eigenvalue weighted by molar-refractivity contribution is 7.99. The number of aromatic nitrogens is 3. The van der Waals surface area contributed by atoms with Crippen LogP contribution in [0.5, 0.6) is 5.75 Å². The SMILES string of the molecule is C=CCn1c(SCC(=O)Nc2sc3c(c2C#N)CCC(C)C3)nnc1C(C)Oc1ccc(C)cc1. The molecule has 0 aliphatic heterocycles. The normalized spacial score (nSPS) is 15.7. The first-order valence-corrected chi connectivity index (χ1v) is 13.4. The van der Waals surface area contributed by atoms with Crippen molar-refractivity contribution < 1.29 is 9.53 Å². The van der Waals surface area contributed by atoms with Crippen molar-refractivity contribution in [1.82, 2.24) is 14.8 Å². The first-order chi connectivity index (χ1) is 16.9. The van der Waals surface area contributed by atoms with Gasteiger partial charge in [-0.1, -0.05) is 42.5 Å². The number of ether oxygens (including phenoxy) is 1. The Hall–Kier alpha value is -3.09. The van der Waals surface area contributed by atoms with Crippen molar-refractivity contribution in [3.63, 3.8) is 0 Å². The molecule has 1 amide bonds. The van der Waals surface area contributed by atoms with Crippen LogP contribution in [-0.4, -0.2) is 26.4 Å². The fourth-order valence-electron chi connectivity index (χ4n) is 4.13. The van der Waals surface area contributed by atoms with E-state index in [2.05, 4.69) is 35.1 Å². The van der Waals surface area contributed by atoms with Gasteiger partial charge in [-0.3, -0.25) is 9.36 Å². The van der Waals surface area contributed by atoms with Crippen LogP contribution in [0.25, 0.3) is 0 Å². The molecule has 1 aliphatic rings. The van der Waals surface area contributed by atoms with Crippen LogP contribution >= 0.6 is 23.1 Å². The Morgan fingerprint density at radius 2 is 2.20 bits per heavy atom. The zero-order chi connectivity index (χ0) is 24.9. The van der Waals surface area contributed by atoms with Crippen LogP contribution < -0.4 is 10.1 Å². The predicted molar refractivity (Wildman–Crippen MR) is 140 cm³/mol. The Morgan fingerprint density at radius 1 is 1.43 bits per heavy atom. The third kappa shape index (κ3) is 5.77. The number of thioether (sulfide) groups is 1. The van der Waals surface area contributed by atoms with Gasteiger partial charge < -0.3 is 10.1 Å². The average molecular weight is 508 g/mol. The number of hydrogen-bond acceptors (Lipinski definition) is 7. The van der Waals surface area contributed by atoms with Gasteiger partial charge in [-0.25, -0.2) is 0 Å². The fourth-order valence-corrected chi connectivity index (χ4v) is 6.26. The third-order valence-corrected chi connectivity index (χ3v) is 8.10. The molecule has 0 saturated heterocycles. The van der Waals surface area contributed by atoms with Crippen molar-refractivity contribution in [3.8, 4) is 11.8 Å². The number of benzene rings is 1. The maximum absolute atomic E-state index is 12.8. The minimum atomic E-state index is -0.327. The van der Waals surface area contributed by atoms with Crippen LogP contribution in [0.4, 0.5) is 5.00 Å². The second kappa shape index (κ2) is 11.1. The lowest BCUT2D eigenvalue weighted by Crippen LogP contribution is -2.15. The van der Waals surface area contributed by atoms with Gasteiger partial charge in [0, 0.05) is 11.4 Å². The van der Waals surface area contributed by atoms with Crippen LogP contribution in [0.2, 0.25) is 0 Å². The second-order valence-electron chi connectivity index (χ2n) is 8.82. The number of amides is 1. The number of fused-ring (bicyclic) bond motifs is 1. The topological polar surface area (TPSA) is 92.8 Å². The number of rotatable bonds is 9. The quantitative estimate of drug-likeness (QED) is 0.295. The van der Waals surface area contributed by atoms with E-state index in [0.29, 0.717) is 34.0 Å². The van der Waals surface area contributed by atoms with Gasteiger partial charge in [-0.15, -0.1) is 28.1 Å². The van der Waals surface area contributed by atoms with Crippen LogP contribution in [0, 0.1) is 24.2 Å². The van der Waals surface area contributed by atoms with Crippen molar-refractivity contribution in [2.24, 2.45) is 5.92 Å². The van der Waals surface area contributed by atoms with Crippen molar-refractivity contribution in [3.05, 3.63) is 64.3 Å². The summed E-state index contributed by atoms with van der Waals surface area (Å²) >= 11 is 2.84. The number of nitriles is 1. The maximum Gasteiger partial charge on any atom is 0.235 e. The summed E-state index contributed by atoms with van der Waals surface area (Å²) in [6.07, 6.45) is 4.39. The first-order valence-electron chi connectivity index (χ1n) is 11.6.